The molecule has 5 atom stereocenters. The summed E-state index contributed by atoms with van der Waals surface area (Å²) < 4.78 is 39.8. The van der Waals surface area contributed by atoms with Crippen LogP contribution < -0.4 is 0 Å². The first-order chi connectivity index (χ1) is 15.8. The average Bonchev–Trinajstić information content (AvgIpc) is 2.83. The van der Waals surface area contributed by atoms with Crippen molar-refractivity contribution in [1.82, 2.24) is 4.98 Å². The minimum atomic E-state index is -4.34. The first-order valence-corrected chi connectivity index (χ1v) is 11.5. The van der Waals surface area contributed by atoms with Crippen LogP contribution in [0, 0.1) is 11.8 Å². The van der Waals surface area contributed by atoms with Crippen molar-refractivity contribution in [2.75, 3.05) is 13.1 Å². The molecule has 0 spiro atoms. The van der Waals surface area contributed by atoms with Crippen molar-refractivity contribution >= 4 is 10.9 Å². The highest BCUT2D eigenvalue weighted by Crippen LogP contribution is 2.48. The molecule has 3 fully saturated rings. The van der Waals surface area contributed by atoms with E-state index in [4.69, 9.17) is 0 Å². The van der Waals surface area contributed by atoms with Gasteiger partial charge < -0.3 is 9.59 Å². The molecule has 172 valence electrons. The maximum atomic E-state index is 13.1. The minimum Gasteiger partial charge on any atom is -0.382 e. The third kappa shape index (κ3) is 3.96. The monoisotopic (exact) mass is 453 g/mol. The molecule has 6 heteroatoms. The Morgan fingerprint density at radius 2 is 1.88 bits per heavy atom. The number of piperidine rings is 3. The number of aliphatic hydroxyl groups excluding tert-OH is 1. The molecule has 0 saturated carbocycles. The summed E-state index contributed by atoms with van der Waals surface area (Å²) in [6, 6.07) is 15.2. The van der Waals surface area contributed by atoms with Crippen molar-refractivity contribution in [1.29, 1.82) is 0 Å². The van der Waals surface area contributed by atoms with E-state index in [0.717, 1.165) is 60.1 Å². The van der Waals surface area contributed by atoms with Gasteiger partial charge in [0.2, 0.25) is 0 Å². The van der Waals surface area contributed by atoms with E-state index < -0.39 is 17.8 Å². The Balaban J connectivity index is 1.51. The third-order valence-corrected chi connectivity index (χ3v) is 7.82. The molecular formula is C27H28F3N2O+. The number of hydrogen-bond donors (Lipinski definition) is 1. The molecule has 1 N–H and O–H groups in total. The molecule has 3 aliphatic heterocycles. The molecule has 0 amide bonds. The number of aliphatic hydroxyl groups is 1. The van der Waals surface area contributed by atoms with Crippen LogP contribution in [-0.4, -0.2) is 33.7 Å². The van der Waals surface area contributed by atoms with Crippen molar-refractivity contribution in [3.63, 3.8) is 0 Å². The first kappa shape index (κ1) is 22.1. The van der Waals surface area contributed by atoms with E-state index in [1.807, 2.05) is 36.4 Å². The number of nitrogens with zero attached hydrogens (tertiary/aromatic N) is 2. The lowest BCUT2D eigenvalue weighted by atomic mass is 9.71. The maximum absolute atomic E-state index is 13.1. The lowest BCUT2D eigenvalue weighted by molar-refractivity contribution is -0.984. The second kappa shape index (κ2) is 8.26. The SMILES string of the molecule is C=C[C@H]1C[N+]2(Cc3ccc(C(F)(F)F)cc3)CC[C@H]1C[C@@H]2[C@H](O)c1ccnc2ccccc12. The minimum absolute atomic E-state index is 0.0342. The summed E-state index contributed by atoms with van der Waals surface area (Å²) in [5.41, 5.74) is 1.96. The van der Waals surface area contributed by atoms with Crippen molar-refractivity contribution in [2.45, 2.75) is 37.7 Å². The zero-order chi connectivity index (χ0) is 23.2. The topological polar surface area (TPSA) is 33.1 Å². The summed E-state index contributed by atoms with van der Waals surface area (Å²) in [5, 5.41) is 12.6. The van der Waals surface area contributed by atoms with E-state index in [2.05, 4.69) is 11.6 Å². The van der Waals surface area contributed by atoms with Crippen LogP contribution in [0.4, 0.5) is 13.2 Å². The van der Waals surface area contributed by atoms with Crippen LogP contribution in [0.3, 0.4) is 0 Å². The van der Waals surface area contributed by atoms with Gasteiger partial charge >= 0.3 is 6.18 Å². The van der Waals surface area contributed by atoms with Gasteiger partial charge in [-0.05, 0) is 35.7 Å². The second-order valence-electron chi connectivity index (χ2n) is 9.59. The zero-order valence-corrected chi connectivity index (χ0v) is 18.4. The van der Waals surface area contributed by atoms with Crippen molar-refractivity contribution in [3.8, 4) is 0 Å². The van der Waals surface area contributed by atoms with Crippen molar-refractivity contribution in [2.24, 2.45) is 11.8 Å². The van der Waals surface area contributed by atoms with E-state index in [1.54, 1.807) is 18.3 Å². The van der Waals surface area contributed by atoms with Crippen LogP contribution in [0.5, 0.6) is 0 Å². The zero-order valence-electron chi connectivity index (χ0n) is 18.4. The summed E-state index contributed by atoms with van der Waals surface area (Å²) in [6.45, 7) is 6.39. The van der Waals surface area contributed by atoms with E-state index in [-0.39, 0.29) is 6.04 Å². The standard InChI is InChI=1S/C27H28F3N2O/c1-2-19-17-32(16-18-7-9-21(10-8-18)27(28,29)30)14-12-20(19)15-25(32)26(33)23-11-13-31-24-6-4-3-5-22(23)24/h2-11,13,19-20,25-26,33H,1,12,14-17H2/q+1/t19-,20-,25+,26+,32?/m0/s1. The Morgan fingerprint density at radius 1 is 1.12 bits per heavy atom. The number of alkyl halides is 3. The number of pyridine rings is 1. The largest absolute Gasteiger partial charge is 0.416 e. The predicted molar refractivity (Wildman–Crippen MR) is 122 cm³/mol. The highest BCUT2D eigenvalue weighted by molar-refractivity contribution is 5.82. The van der Waals surface area contributed by atoms with Gasteiger partial charge in [-0.3, -0.25) is 4.98 Å². The number of para-hydroxylation sites is 1. The number of quaternary nitrogens is 1. The number of benzene rings is 2. The molecular weight excluding hydrogens is 425 g/mol. The smallest absolute Gasteiger partial charge is 0.382 e. The highest BCUT2D eigenvalue weighted by Gasteiger charge is 2.54. The lowest BCUT2D eigenvalue weighted by Gasteiger charge is -2.58. The summed E-state index contributed by atoms with van der Waals surface area (Å²) in [7, 11) is 0. The van der Waals surface area contributed by atoms with Gasteiger partial charge in [-0.2, -0.15) is 13.2 Å². The van der Waals surface area contributed by atoms with Crippen LogP contribution in [0.25, 0.3) is 10.9 Å². The van der Waals surface area contributed by atoms with Gasteiger partial charge in [-0.25, -0.2) is 0 Å². The molecule has 3 aliphatic rings. The molecule has 33 heavy (non-hydrogen) atoms. The molecule has 3 saturated heterocycles. The van der Waals surface area contributed by atoms with Gasteiger partial charge in [-0.15, -0.1) is 6.58 Å². The fourth-order valence-corrected chi connectivity index (χ4v) is 6.13. The Bertz CT molecular complexity index is 1150. The fourth-order valence-electron chi connectivity index (χ4n) is 6.13. The average molecular weight is 454 g/mol. The van der Waals surface area contributed by atoms with Crippen molar-refractivity contribution < 1.29 is 22.8 Å². The third-order valence-electron chi connectivity index (χ3n) is 7.82. The summed E-state index contributed by atoms with van der Waals surface area (Å²) >= 11 is 0. The van der Waals surface area contributed by atoms with Crippen LogP contribution in [0.1, 0.15) is 35.6 Å². The molecule has 2 aromatic carbocycles. The number of halogens is 3. The molecule has 1 aromatic heterocycles. The second-order valence-corrected chi connectivity index (χ2v) is 9.59. The Labute approximate surface area is 191 Å². The number of fused-ring (bicyclic) bond motifs is 4. The molecule has 4 heterocycles. The molecule has 2 bridgehead atoms. The molecule has 3 nitrogen and oxygen atoms in total. The molecule has 3 aromatic rings. The molecule has 6 rings (SSSR count). The van der Waals surface area contributed by atoms with E-state index >= 15 is 0 Å². The predicted octanol–water partition coefficient (Wildman–Crippen LogP) is 5.90. The normalized spacial score (nSPS) is 28.1. The van der Waals surface area contributed by atoms with Gasteiger partial charge in [0.25, 0.3) is 0 Å². The van der Waals surface area contributed by atoms with Gasteiger partial charge in [-0.1, -0.05) is 36.4 Å². The van der Waals surface area contributed by atoms with Crippen LogP contribution in [-0.2, 0) is 12.7 Å². The van der Waals surface area contributed by atoms with Gasteiger partial charge in [0.15, 0.2) is 0 Å². The van der Waals surface area contributed by atoms with Gasteiger partial charge in [0, 0.05) is 35.9 Å². The summed E-state index contributed by atoms with van der Waals surface area (Å²) in [6.07, 6.45) is 0.648. The fraction of sp³-hybridized carbons (Fsp3) is 0.370. The number of hydrogen-bond acceptors (Lipinski definition) is 2. The first-order valence-electron chi connectivity index (χ1n) is 11.5. The molecule has 1 unspecified atom stereocenters. The van der Waals surface area contributed by atoms with Crippen LogP contribution in [0.2, 0.25) is 0 Å². The quantitative estimate of drug-likeness (QED) is 0.386. The Morgan fingerprint density at radius 3 is 2.61 bits per heavy atom. The number of aromatic nitrogens is 1. The maximum Gasteiger partial charge on any atom is 0.416 e. The van der Waals surface area contributed by atoms with Crippen LogP contribution in [0.15, 0.2) is 73.4 Å². The van der Waals surface area contributed by atoms with Gasteiger partial charge in [0.1, 0.15) is 18.7 Å². The molecule has 0 aliphatic carbocycles. The van der Waals surface area contributed by atoms with Crippen molar-refractivity contribution in [3.05, 3.63) is 90.1 Å². The van der Waals surface area contributed by atoms with E-state index in [9.17, 15) is 18.3 Å². The van der Waals surface area contributed by atoms with Crippen LogP contribution >= 0.6 is 0 Å². The Kier molecular flexibility index (Phi) is 5.53. The number of rotatable bonds is 5. The Hall–Kier alpha value is -2.70. The lowest BCUT2D eigenvalue weighted by Crippen LogP contribution is -2.67. The van der Waals surface area contributed by atoms with E-state index in [1.165, 1.54) is 0 Å². The summed E-state index contributed by atoms with van der Waals surface area (Å²) in [4.78, 5) is 4.43. The summed E-state index contributed by atoms with van der Waals surface area (Å²) in [5.74, 6) is 0.827. The highest BCUT2D eigenvalue weighted by atomic mass is 19.4. The molecule has 0 radical (unpaired) electrons. The van der Waals surface area contributed by atoms with Gasteiger partial charge in [0.05, 0.1) is 24.2 Å². The van der Waals surface area contributed by atoms with E-state index in [0.29, 0.717) is 22.9 Å².